The molecule has 0 aliphatic carbocycles. The lowest BCUT2D eigenvalue weighted by Crippen LogP contribution is -1.95. The third-order valence-corrected chi connectivity index (χ3v) is 3.52. The number of carboxylic acids is 1. The van der Waals surface area contributed by atoms with Crippen LogP contribution in [0.3, 0.4) is 0 Å². The Bertz CT molecular complexity index is 853. The van der Waals surface area contributed by atoms with Gasteiger partial charge in [-0.3, -0.25) is 0 Å². The Morgan fingerprint density at radius 3 is 2.43 bits per heavy atom. The van der Waals surface area contributed by atoms with E-state index in [1.54, 1.807) is 24.3 Å². The summed E-state index contributed by atoms with van der Waals surface area (Å²) in [6.07, 6.45) is 0. The van der Waals surface area contributed by atoms with E-state index in [1.807, 2.05) is 31.2 Å². The van der Waals surface area contributed by atoms with Crippen molar-refractivity contribution in [3.05, 3.63) is 71.5 Å². The highest BCUT2D eigenvalue weighted by Gasteiger charge is 2.08. The second-order valence-electron chi connectivity index (χ2n) is 5.07. The second kappa shape index (κ2) is 5.02. The monoisotopic (exact) mass is 280 g/mol. The number of hydrogen-bond acceptors (Lipinski definition) is 1. The van der Waals surface area contributed by atoms with Gasteiger partial charge in [-0.15, -0.1) is 0 Å². The van der Waals surface area contributed by atoms with E-state index >= 15 is 0 Å². The smallest absolute Gasteiger partial charge is 0.335 e. The summed E-state index contributed by atoms with van der Waals surface area (Å²) in [6.45, 7) is 1.92. The van der Waals surface area contributed by atoms with E-state index in [-0.39, 0.29) is 11.4 Å². The highest BCUT2D eigenvalue weighted by atomic mass is 19.1. The van der Waals surface area contributed by atoms with Crippen LogP contribution in [0.1, 0.15) is 15.9 Å². The summed E-state index contributed by atoms with van der Waals surface area (Å²) < 4.78 is 13.9. The van der Waals surface area contributed by atoms with Gasteiger partial charge in [-0.2, -0.15) is 0 Å². The molecule has 0 spiro atoms. The van der Waals surface area contributed by atoms with E-state index in [4.69, 9.17) is 5.11 Å². The fourth-order valence-corrected chi connectivity index (χ4v) is 2.41. The molecule has 2 nitrogen and oxygen atoms in total. The maximum atomic E-state index is 13.9. The zero-order valence-corrected chi connectivity index (χ0v) is 11.4. The number of halogens is 1. The van der Waals surface area contributed by atoms with Gasteiger partial charge in [0.25, 0.3) is 0 Å². The molecule has 0 saturated carbocycles. The molecule has 0 bridgehead atoms. The van der Waals surface area contributed by atoms with Gasteiger partial charge in [0.05, 0.1) is 5.56 Å². The molecule has 0 atom stereocenters. The lowest BCUT2D eigenvalue weighted by molar-refractivity contribution is 0.0697. The van der Waals surface area contributed by atoms with Crippen molar-refractivity contribution in [2.45, 2.75) is 6.92 Å². The summed E-state index contributed by atoms with van der Waals surface area (Å²) in [6, 6.07) is 15.4. The van der Waals surface area contributed by atoms with Gasteiger partial charge in [0, 0.05) is 5.56 Å². The minimum atomic E-state index is -0.953. The molecule has 104 valence electrons. The largest absolute Gasteiger partial charge is 0.478 e. The van der Waals surface area contributed by atoms with Gasteiger partial charge >= 0.3 is 5.97 Å². The molecule has 3 aromatic rings. The van der Waals surface area contributed by atoms with Gasteiger partial charge in [-0.25, -0.2) is 9.18 Å². The molecule has 0 fully saturated rings. The second-order valence-corrected chi connectivity index (χ2v) is 5.07. The van der Waals surface area contributed by atoms with Crippen LogP contribution in [-0.2, 0) is 0 Å². The average Bonchev–Trinajstić information content (AvgIpc) is 2.48. The topological polar surface area (TPSA) is 37.3 Å². The van der Waals surface area contributed by atoms with Gasteiger partial charge in [-0.1, -0.05) is 29.8 Å². The van der Waals surface area contributed by atoms with Gasteiger partial charge in [0.2, 0.25) is 0 Å². The molecule has 1 N–H and O–H groups in total. The Balaban J connectivity index is 2.15. The zero-order chi connectivity index (χ0) is 15.0. The molecule has 3 aromatic carbocycles. The van der Waals surface area contributed by atoms with Crippen LogP contribution in [-0.4, -0.2) is 11.1 Å². The number of carboxylic acid groups (broad SMARTS) is 1. The Morgan fingerprint density at radius 2 is 1.67 bits per heavy atom. The van der Waals surface area contributed by atoms with Crippen LogP contribution in [0, 0.1) is 12.7 Å². The first-order chi connectivity index (χ1) is 10.0. The summed E-state index contributed by atoms with van der Waals surface area (Å²) in [5.41, 5.74) is 2.58. The normalized spacial score (nSPS) is 10.8. The molecular weight excluding hydrogens is 267 g/mol. The lowest BCUT2D eigenvalue weighted by atomic mass is 9.98. The van der Waals surface area contributed by atoms with Crippen molar-refractivity contribution >= 4 is 16.7 Å². The van der Waals surface area contributed by atoms with Crippen molar-refractivity contribution in [1.29, 1.82) is 0 Å². The quantitative estimate of drug-likeness (QED) is 0.741. The molecule has 0 radical (unpaired) electrons. The van der Waals surface area contributed by atoms with Gasteiger partial charge < -0.3 is 5.11 Å². The lowest BCUT2D eigenvalue weighted by Gasteiger charge is -2.07. The minimum Gasteiger partial charge on any atom is -0.478 e. The molecule has 21 heavy (non-hydrogen) atoms. The van der Waals surface area contributed by atoms with Crippen molar-refractivity contribution < 1.29 is 14.3 Å². The Labute approximate surface area is 121 Å². The van der Waals surface area contributed by atoms with Gasteiger partial charge in [0.1, 0.15) is 5.82 Å². The van der Waals surface area contributed by atoms with Crippen molar-refractivity contribution in [3.63, 3.8) is 0 Å². The average molecular weight is 280 g/mol. The first-order valence-corrected chi connectivity index (χ1v) is 6.58. The molecule has 0 aliphatic rings. The number of fused-ring (bicyclic) bond motifs is 1. The van der Waals surface area contributed by atoms with E-state index in [0.29, 0.717) is 5.56 Å². The summed E-state index contributed by atoms with van der Waals surface area (Å²) in [4.78, 5) is 11.0. The predicted molar refractivity (Wildman–Crippen MR) is 81.0 cm³/mol. The van der Waals surface area contributed by atoms with Gasteiger partial charge in [-0.05, 0) is 53.6 Å². The highest BCUT2D eigenvalue weighted by molar-refractivity contribution is 5.95. The number of hydrogen-bond donors (Lipinski definition) is 1. The number of aryl methyl sites for hydroxylation is 1. The number of rotatable bonds is 2. The van der Waals surface area contributed by atoms with Crippen LogP contribution in [0.25, 0.3) is 21.9 Å². The Morgan fingerprint density at radius 1 is 0.952 bits per heavy atom. The predicted octanol–water partition coefficient (Wildman–Crippen LogP) is 4.65. The van der Waals surface area contributed by atoms with E-state index in [1.165, 1.54) is 6.07 Å². The maximum absolute atomic E-state index is 13.9. The molecular formula is C18H13FO2. The SMILES string of the molecule is Cc1ccc(F)c(-c2ccc3cc(C(=O)O)ccc3c2)c1. The fraction of sp³-hybridized carbons (Fsp3) is 0.0556. The minimum absolute atomic E-state index is 0.247. The molecule has 0 amide bonds. The van der Waals surface area contributed by atoms with Crippen LogP contribution in [0.5, 0.6) is 0 Å². The molecule has 0 heterocycles. The molecule has 0 saturated heterocycles. The highest BCUT2D eigenvalue weighted by Crippen LogP contribution is 2.28. The standard InChI is InChI=1S/C18H13FO2/c1-11-2-7-17(19)16(8-11)14-5-3-13-10-15(18(20)21)6-4-12(13)9-14/h2-10H,1H3,(H,20,21). The molecule has 0 aliphatic heterocycles. The Kier molecular flexibility index (Phi) is 3.18. The third kappa shape index (κ3) is 2.50. The zero-order valence-electron chi connectivity index (χ0n) is 11.4. The number of benzene rings is 3. The molecule has 3 rings (SSSR count). The van der Waals surface area contributed by atoms with Crippen molar-refractivity contribution in [1.82, 2.24) is 0 Å². The summed E-state index contributed by atoms with van der Waals surface area (Å²) in [7, 11) is 0. The number of carbonyl (C=O) groups is 1. The van der Waals surface area contributed by atoms with E-state index < -0.39 is 5.97 Å². The molecule has 3 heteroatoms. The van der Waals surface area contributed by atoms with Gasteiger partial charge in [0.15, 0.2) is 0 Å². The fourth-order valence-electron chi connectivity index (χ4n) is 2.41. The number of aromatic carboxylic acids is 1. The van der Waals surface area contributed by atoms with Crippen LogP contribution < -0.4 is 0 Å². The summed E-state index contributed by atoms with van der Waals surface area (Å²) >= 11 is 0. The summed E-state index contributed by atoms with van der Waals surface area (Å²) in [5, 5.41) is 10.7. The van der Waals surface area contributed by atoms with E-state index in [0.717, 1.165) is 21.9 Å². The van der Waals surface area contributed by atoms with Crippen LogP contribution >= 0.6 is 0 Å². The first-order valence-electron chi connectivity index (χ1n) is 6.58. The summed E-state index contributed by atoms with van der Waals surface area (Å²) in [5.74, 6) is -1.21. The van der Waals surface area contributed by atoms with Crippen molar-refractivity contribution in [2.24, 2.45) is 0 Å². The Hall–Kier alpha value is -2.68. The van der Waals surface area contributed by atoms with Crippen LogP contribution in [0.15, 0.2) is 54.6 Å². The maximum Gasteiger partial charge on any atom is 0.335 e. The van der Waals surface area contributed by atoms with Crippen molar-refractivity contribution in [2.75, 3.05) is 0 Å². The third-order valence-electron chi connectivity index (χ3n) is 3.52. The van der Waals surface area contributed by atoms with E-state index in [9.17, 15) is 9.18 Å². The molecule has 0 aromatic heterocycles. The first kappa shape index (κ1) is 13.3. The van der Waals surface area contributed by atoms with E-state index in [2.05, 4.69) is 0 Å². The van der Waals surface area contributed by atoms with Crippen molar-refractivity contribution in [3.8, 4) is 11.1 Å². The van der Waals surface area contributed by atoms with Crippen LogP contribution in [0.2, 0.25) is 0 Å². The van der Waals surface area contributed by atoms with Crippen LogP contribution in [0.4, 0.5) is 4.39 Å². The molecule has 0 unspecified atom stereocenters.